The first kappa shape index (κ1) is 11.2. The maximum atomic E-state index is 4.28. The van der Waals surface area contributed by atoms with Gasteiger partial charge in [-0.05, 0) is 33.7 Å². The van der Waals surface area contributed by atoms with Crippen molar-refractivity contribution in [3.05, 3.63) is 17.7 Å². The van der Waals surface area contributed by atoms with Gasteiger partial charge in [-0.2, -0.15) is 0 Å². The van der Waals surface area contributed by atoms with Gasteiger partial charge in [-0.25, -0.2) is 4.98 Å². The number of hydrogen-bond acceptors (Lipinski definition) is 2. The highest BCUT2D eigenvalue weighted by Crippen LogP contribution is 2.05. The summed E-state index contributed by atoms with van der Waals surface area (Å²) >= 11 is 0. The molecule has 1 N–H and O–H groups in total. The fraction of sp³-hybridized carbons (Fsp3) is 0.727. The number of nitrogens with one attached hydrogen (secondary N) is 1. The van der Waals surface area contributed by atoms with Gasteiger partial charge in [0.05, 0.1) is 12.0 Å². The predicted molar refractivity (Wildman–Crippen MR) is 59.5 cm³/mol. The summed E-state index contributed by atoms with van der Waals surface area (Å²) in [5, 5.41) is 3.41. The van der Waals surface area contributed by atoms with Gasteiger partial charge >= 0.3 is 0 Å². The van der Waals surface area contributed by atoms with Crippen molar-refractivity contribution in [2.75, 3.05) is 6.54 Å². The Kier molecular flexibility index (Phi) is 4.14. The molecule has 1 rings (SSSR count). The van der Waals surface area contributed by atoms with Crippen LogP contribution < -0.4 is 5.32 Å². The third-order valence-corrected chi connectivity index (χ3v) is 2.70. The number of aromatic nitrogens is 2. The van der Waals surface area contributed by atoms with Crippen molar-refractivity contribution in [3.63, 3.8) is 0 Å². The molecule has 0 aliphatic rings. The zero-order valence-corrected chi connectivity index (χ0v) is 9.67. The molecule has 0 amide bonds. The summed E-state index contributed by atoms with van der Waals surface area (Å²) in [6.07, 6.45) is 3.09. The Balaban J connectivity index is 2.41. The van der Waals surface area contributed by atoms with Crippen LogP contribution in [0.3, 0.4) is 0 Å². The van der Waals surface area contributed by atoms with Gasteiger partial charge < -0.3 is 9.88 Å². The molecule has 0 radical (unpaired) electrons. The molecule has 0 aliphatic heterocycles. The Morgan fingerprint density at radius 1 is 1.50 bits per heavy atom. The van der Waals surface area contributed by atoms with Crippen LogP contribution in [0.25, 0.3) is 0 Å². The van der Waals surface area contributed by atoms with E-state index >= 15 is 0 Å². The second kappa shape index (κ2) is 5.15. The van der Waals surface area contributed by atoms with Gasteiger partial charge in [0.2, 0.25) is 0 Å². The topological polar surface area (TPSA) is 29.9 Å². The second-order valence-corrected chi connectivity index (χ2v) is 3.86. The van der Waals surface area contributed by atoms with E-state index in [2.05, 4.69) is 42.6 Å². The van der Waals surface area contributed by atoms with E-state index in [1.807, 2.05) is 6.33 Å². The summed E-state index contributed by atoms with van der Waals surface area (Å²) < 4.78 is 2.23. The average Bonchev–Trinajstić information content (AvgIpc) is 2.46. The van der Waals surface area contributed by atoms with E-state index in [-0.39, 0.29) is 0 Å². The predicted octanol–water partition coefficient (Wildman–Crippen LogP) is 1.89. The average molecular weight is 195 g/mol. The maximum absolute atomic E-state index is 4.28. The Hall–Kier alpha value is -0.830. The van der Waals surface area contributed by atoms with Crippen molar-refractivity contribution in [3.8, 4) is 0 Å². The summed E-state index contributed by atoms with van der Waals surface area (Å²) in [5.74, 6) is 0. The molecule has 3 nitrogen and oxygen atoms in total. The summed E-state index contributed by atoms with van der Waals surface area (Å²) in [6.45, 7) is 10.6. The fourth-order valence-corrected chi connectivity index (χ4v) is 1.55. The van der Waals surface area contributed by atoms with Gasteiger partial charge in [0.15, 0.2) is 0 Å². The van der Waals surface area contributed by atoms with Crippen LogP contribution in [0, 0.1) is 13.8 Å². The monoisotopic (exact) mass is 195 g/mol. The smallest absolute Gasteiger partial charge is 0.0951 e. The molecule has 0 saturated heterocycles. The van der Waals surface area contributed by atoms with Crippen LogP contribution in [0.2, 0.25) is 0 Å². The van der Waals surface area contributed by atoms with Crippen LogP contribution in [-0.2, 0) is 6.54 Å². The Labute approximate surface area is 86.5 Å². The molecule has 1 unspecified atom stereocenters. The molecule has 1 aromatic rings. The summed E-state index contributed by atoms with van der Waals surface area (Å²) in [5.41, 5.74) is 2.43. The molecule has 0 fully saturated rings. The lowest BCUT2D eigenvalue weighted by Gasteiger charge is -2.13. The molecule has 1 heterocycles. The molecule has 0 saturated carbocycles. The van der Waals surface area contributed by atoms with Crippen molar-refractivity contribution in [2.24, 2.45) is 0 Å². The molecule has 1 aromatic heterocycles. The third-order valence-electron chi connectivity index (χ3n) is 2.70. The van der Waals surface area contributed by atoms with Gasteiger partial charge in [-0.3, -0.25) is 0 Å². The van der Waals surface area contributed by atoms with E-state index in [0.29, 0.717) is 6.04 Å². The van der Waals surface area contributed by atoms with Crippen LogP contribution in [0.5, 0.6) is 0 Å². The van der Waals surface area contributed by atoms with E-state index in [1.165, 1.54) is 5.69 Å². The third kappa shape index (κ3) is 2.84. The van der Waals surface area contributed by atoms with Crippen molar-refractivity contribution in [2.45, 2.75) is 46.7 Å². The van der Waals surface area contributed by atoms with Crippen molar-refractivity contribution in [1.82, 2.24) is 14.9 Å². The van der Waals surface area contributed by atoms with Gasteiger partial charge in [0.1, 0.15) is 0 Å². The molecule has 0 spiro atoms. The van der Waals surface area contributed by atoms with Gasteiger partial charge in [-0.1, -0.05) is 6.92 Å². The molecular weight excluding hydrogens is 174 g/mol. The van der Waals surface area contributed by atoms with Crippen LogP contribution in [-0.4, -0.2) is 22.1 Å². The SMILES string of the molecule is CCNC(C)CCn1cnc(C)c1C. The molecule has 0 aromatic carbocycles. The first-order valence-corrected chi connectivity index (χ1v) is 5.36. The molecule has 0 bridgehead atoms. The highest BCUT2D eigenvalue weighted by atomic mass is 15.1. The largest absolute Gasteiger partial charge is 0.335 e. The molecule has 80 valence electrons. The van der Waals surface area contributed by atoms with Crippen molar-refractivity contribution in [1.29, 1.82) is 0 Å². The van der Waals surface area contributed by atoms with Crippen LogP contribution in [0.4, 0.5) is 0 Å². The Morgan fingerprint density at radius 2 is 2.21 bits per heavy atom. The minimum atomic E-state index is 0.585. The van der Waals surface area contributed by atoms with E-state index in [9.17, 15) is 0 Å². The zero-order chi connectivity index (χ0) is 10.6. The molecule has 0 aliphatic carbocycles. The minimum Gasteiger partial charge on any atom is -0.335 e. The van der Waals surface area contributed by atoms with Crippen molar-refractivity contribution >= 4 is 0 Å². The van der Waals surface area contributed by atoms with E-state index in [1.54, 1.807) is 0 Å². The first-order chi connectivity index (χ1) is 6.65. The quantitative estimate of drug-likeness (QED) is 0.777. The lowest BCUT2D eigenvalue weighted by molar-refractivity contribution is 0.484. The number of hydrogen-bond donors (Lipinski definition) is 1. The summed E-state index contributed by atoms with van der Waals surface area (Å²) in [6, 6.07) is 0.585. The normalized spacial score (nSPS) is 13.1. The highest BCUT2D eigenvalue weighted by molar-refractivity contribution is 5.08. The number of imidazole rings is 1. The van der Waals surface area contributed by atoms with Crippen LogP contribution in [0.15, 0.2) is 6.33 Å². The number of nitrogens with zero attached hydrogens (tertiary/aromatic N) is 2. The Bertz CT molecular complexity index is 278. The number of aryl methyl sites for hydroxylation is 2. The van der Waals surface area contributed by atoms with Crippen LogP contribution in [0.1, 0.15) is 31.7 Å². The first-order valence-electron chi connectivity index (χ1n) is 5.36. The van der Waals surface area contributed by atoms with E-state index < -0.39 is 0 Å². The maximum Gasteiger partial charge on any atom is 0.0951 e. The van der Waals surface area contributed by atoms with Crippen molar-refractivity contribution < 1.29 is 0 Å². The molecule has 14 heavy (non-hydrogen) atoms. The second-order valence-electron chi connectivity index (χ2n) is 3.86. The molecule has 1 atom stereocenters. The minimum absolute atomic E-state index is 0.585. The fourth-order valence-electron chi connectivity index (χ4n) is 1.55. The lowest BCUT2D eigenvalue weighted by atomic mass is 10.2. The van der Waals surface area contributed by atoms with Crippen LogP contribution >= 0.6 is 0 Å². The van der Waals surface area contributed by atoms with Gasteiger partial charge in [0.25, 0.3) is 0 Å². The molecular formula is C11H21N3. The van der Waals surface area contributed by atoms with Gasteiger partial charge in [0, 0.05) is 18.3 Å². The Morgan fingerprint density at radius 3 is 2.71 bits per heavy atom. The summed E-state index contributed by atoms with van der Waals surface area (Å²) in [4.78, 5) is 4.28. The zero-order valence-electron chi connectivity index (χ0n) is 9.67. The summed E-state index contributed by atoms with van der Waals surface area (Å²) in [7, 11) is 0. The lowest BCUT2D eigenvalue weighted by Crippen LogP contribution is -2.26. The van der Waals surface area contributed by atoms with E-state index in [4.69, 9.17) is 0 Å². The highest BCUT2D eigenvalue weighted by Gasteiger charge is 2.04. The van der Waals surface area contributed by atoms with E-state index in [0.717, 1.165) is 25.2 Å². The standard InChI is InChI=1S/C11H21N3/c1-5-12-9(2)6-7-14-8-13-10(3)11(14)4/h8-9,12H,5-7H2,1-4H3. The van der Waals surface area contributed by atoms with Gasteiger partial charge in [-0.15, -0.1) is 0 Å². The number of rotatable bonds is 5. The molecule has 3 heteroatoms.